The van der Waals surface area contributed by atoms with Crippen LogP contribution in [-0.4, -0.2) is 42.5 Å². The van der Waals surface area contributed by atoms with E-state index in [1.807, 2.05) is 48.5 Å². The molecule has 0 bridgehead atoms. The third-order valence-corrected chi connectivity index (χ3v) is 6.27. The van der Waals surface area contributed by atoms with Gasteiger partial charge < -0.3 is 14.2 Å². The van der Waals surface area contributed by atoms with E-state index >= 15 is 0 Å². The predicted molar refractivity (Wildman–Crippen MR) is 130 cm³/mol. The highest BCUT2D eigenvalue weighted by Crippen LogP contribution is 2.33. The summed E-state index contributed by atoms with van der Waals surface area (Å²) in [5.74, 6) is 2.14. The molecule has 7 heteroatoms. The molecule has 1 aliphatic heterocycles. The number of amides is 1. The number of unbranched alkanes of at least 4 members (excludes halogenated alkanes) is 1. The summed E-state index contributed by atoms with van der Waals surface area (Å²) in [6.07, 6.45) is 4.69. The van der Waals surface area contributed by atoms with Gasteiger partial charge in [0.05, 0.1) is 25.7 Å². The van der Waals surface area contributed by atoms with Gasteiger partial charge in [-0.15, -0.1) is 0 Å². The maximum Gasteiger partial charge on any atom is 0.266 e. The van der Waals surface area contributed by atoms with Crippen molar-refractivity contribution in [2.24, 2.45) is 0 Å². The Balaban J connectivity index is 1.62. The van der Waals surface area contributed by atoms with Crippen molar-refractivity contribution in [3.63, 3.8) is 0 Å². The molecule has 1 fully saturated rings. The minimum absolute atomic E-state index is 0.0567. The number of thioether (sulfide) groups is 1. The number of methoxy groups -OCH3 is 2. The van der Waals surface area contributed by atoms with Crippen LogP contribution >= 0.6 is 24.0 Å². The molecule has 31 heavy (non-hydrogen) atoms. The first-order chi connectivity index (χ1) is 15.0. The van der Waals surface area contributed by atoms with Crippen molar-refractivity contribution in [2.45, 2.75) is 26.2 Å². The highest BCUT2D eigenvalue weighted by molar-refractivity contribution is 8.26. The van der Waals surface area contributed by atoms with E-state index in [9.17, 15) is 4.79 Å². The molecule has 0 unspecified atom stereocenters. The molecule has 164 valence electrons. The van der Waals surface area contributed by atoms with E-state index in [1.165, 1.54) is 11.8 Å². The quantitative estimate of drug-likeness (QED) is 0.273. The first-order valence-electron chi connectivity index (χ1n) is 10.2. The van der Waals surface area contributed by atoms with Crippen molar-refractivity contribution in [1.82, 2.24) is 4.90 Å². The normalized spacial score (nSPS) is 14.9. The molecule has 0 radical (unpaired) electrons. The van der Waals surface area contributed by atoms with Crippen molar-refractivity contribution in [3.05, 3.63) is 58.5 Å². The maximum atomic E-state index is 12.9. The molecule has 5 nitrogen and oxygen atoms in total. The summed E-state index contributed by atoms with van der Waals surface area (Å²) in [4.78, 5) is 15.2. The highest BCUT2D eigenvalue weighted by atomic mass is 32.2. The van der Waals surface area contributed by atoms with Gasteiger partial charge in [0.15, 0.2) is 11.5 Å². The predicted octanol–water partition coefficient (Wildman–Crippen LogP) is 5.33. The number of benzene rings is 2. The van der Waals surface area contributed by atoms with Crippen LogP contribution in [0.2, 0.25) is 0 Å². The van der Waals surface area contributed by atoms with E-state index in [1.54, 1.807) is 19.1 Å². The number of carbonyl (C=O) groups is 1. The average Bonchev–Trinajstić information content (AvgIpc) is 3.05. The van der Waals surface area contributed by atoms with Crippen LogP contribution in [0.1, 0.15) is 30.9 Å². The molecule has 0 aliphatic carbocycles. The average molecular weight is 458 g/mol. The lowest BCUT2D eigenvalue weighted by atomic mass is 10.1. The summed E-state index contributed by atoms with van der Waals surface area (Å²) in [6, 6.07) is 13.5. The van der Waals surface area contributed by atoms with E-state index in [-0.39, 0.29) is 5.91 Å². The molecule has 1 heterocycles. The molecule has 1 saturated heterocycles. The molecule has 0 N–H and O–H groups in total. The van der Waals surface area contributed by atoms with Crippen LogP contribution in [0.15, 0.2) is 47.4 Å². The van der Waals surface area contributed by atoms with E-state index in [0.717, 1.165) is 29.7 Å². The number of rotatable bonds is 10. The molecule has 3 rings (SSSR count). The molecule has 2 aromatic carbocycles. The second-order valence-corrected chi connectivity index (χ2v) is 8.72. The van der Waals surface area contributed by atoms with E-state index in [4.69, 9.17) is 26.4 Å². The fourth-order valence-electron chi connectivity index (χ4n) is 3.12. The Hall–Kier alpha value is -2.51. The monoisotopic (exact) mass is 457 g/mol. The SMILES string of the molecule is CCCCOc1ccc(C=C2SC(=S)N(CCc3ccc(OC)c(OC)c3)C2=O)cc1. The summed E-state index contributed by atoms with van der Waals surface area (Å²) in [5.41, 5.74) is 2.00. The Morgan fingerprint density at radius 2 is 1.81 bits per heavy atom. The molecule has 2 aromatic rings. The van der Waals surface area contributed by atoms with Gasteiger partial charge in [-0.3, -0.25) is 9.69 Å². The summed E-state index contributed by atoms with van der Waals surface area (Å²) >= 11 is 6.80. The lowest BCUT2D eigenvalue weighted by molar-refractivity contribution is -0.122. The molecular weight excluding hydrogens is 430 g/mol. The topological polar surface area (TPSA) is 48.0 Å². The zero-order valence-electron chi connectivity index (χ0n) is 18.1. The molecule has 1 aliphatic rings. The van der Waals surface area contributed by atoms with Gasteiger partial charge in [-0.05, 0) is 54.3 Å². The molecular formula is C24H27NO4S2. The summed E-state index contributed by atoms with van der Waals surface area (Å²) < 4.78 is 16.9. The van der Waals surface area contributed by atoms with Crippen molar-refractivity contribution < 1.29 is 19.0 Å². The van der Waals surface area contributed by atoms with Crippen molar-refractivity contribution >= 4 is 40.3 Å². The standard InChI is InChI=1S/C24H27NO4S2/c1-4-5-14-29-19-9-6-17(7-10-19)16-22-23(26)25(24(30)31-22)13-12-18-8-11-20(27-2)21(15-18)28-3/h6-11,15-16H,4-5,12-14H2,1-3H3. The van der Waals surface area contributed by atoms with Gasteiger partial charge >= 0.3 is 0 Å². The largest absolute Gasteiger partial charge is 0.494 e. The van der Waals surface area contributed by atoms with Crippen LogP contribution in [0.3, 0.4) is 0 Å². The van der Waals surface area contributed by atoms with Crippen LogP contribution < -0.4 is 14.2 Å². The first kappa shape index (κ1) is 23.2. The summed E-state index contributed by atoms with van der Waals surface area (Å²) in [6.45, 7) is 3.37. The Kier molecular flexibility index (Phi) is 8.37. The Labute approximate surface area is 193 Å². The Morgan fingerprint density at radius 1 is 1.06 bits per heavy atom. The van der Waals surface area contributed by atoms with Gasteiger partial charge in [-0.1, -0.05) is 55.5 Å². The summed E-state index contributed by atoms with van der Waals surface area (Å²) in [7, 11) is 3.22. The molecule has 1 amide bonds. The van der Waals surface area contributed by atoms with Crippen LogP contribution in [0.25, 0.3) is 6.08 Å². The van der Waals surface area contributed by atoms with Crippen LogP contribution in [0.4, 0.5) is 0 Å². The highest BCUT2D eigenvalue weighted by Gasteiger charge is 2.31. The van der Waals surface area contributed by atoms with E-state index < -0.39 is 0 Å². The minimum Gasteiger partial charge on any atom is -0.494 e. The van der Waals surface area contributed by atoms with Crippen molar-refractivity contribution in [1.29, 1.82) is 0 Å². The fraction of sp³-hybridized carbons (Fsp3) is 0.333. The zero-order chi connectivity index (χ0) is 22.2. The maximum absolute atomic E-state index is 12.9. The smallest absolute Gasteiger partial charge is 0.266 e. The third-order valence-electron chi connectivity index (χ3n) is 4.89. The van der Waals surface area contributed by atoms with E-state index in [2.05, 4.69) is 6.92 Å². The number of nitrogens with zero attached hydrogens (tertiary/aromatic N) is 1. The van der Waals surface area contributed by atoms with Gasteiger partial charge in [0, 0.05) is 6.54 Å². The summed E-state index contributed by atoms with van der Waals surface area (Å²) in [5, 5.41) is 0. The third kappa shape index (κ3) is 6.02. The second-order valence-electron chi connectivity index (χ2n) is 7.04. The van der Waals surface area contributed by atoms with Gasteiger partial charge in [0.1, 0.15) is 10.1 Å². The van der Waals surface area contributed by atoms with E-state index in [0.29, 0.717) is 40.3 Å². The van der Waals surface area contributed by atoms with Crippen molar-refractivity contribution in [2.75, 3.05) is 27.4 Å². The van der Waals surface area contributed by atoms with Crippen LogP contribution in [0.5, 0.6) is 17.2 Å². The number of thiocarbonyl (C=S) groups is 1. The number of carbonyl (C=O) groups excluding carboxylic acids is 1. The second kappa shape index (κ2) is 11.2. The van der Waals surface area contributed by atoms with Gasteiger partial charge in [0.25, 0.3) is 5.91 Å². The number of hydrogen-bond donors (Lipinski definition) is 0. The van der Waals surface area contributed by atoms with Crippen LogP contribution in [-0.2, 0) is 11.2 Å². The molecule has 0 aromatic heterocycles. The zero-order valence-corrected chi connectivity index (χ0v) is 19.7. The van der Waals surface area contributed by atoms with Crippen LogP contribution in [0, 0.1) is 0 Å². The molecule has 0 atom stereocenters. The molecule has 0 spiro atoms. The lowest BCUT2D eigenvalue weighted by Crippen LogP contribution is -2.30. The lowest BCUT2D eigenvalue weighted by Gasteiger charge is -2.15. The number of ether oxygens (including phenoxy) is 3. The minimum atomic E-state index is -0.0567. The number of hydrogen-bond acceptors (Lipinski definition) is 6. The van der Waals surface area contributed by atoms with Gasteiger partial charge in [-0.2, -0.15) is 0 Å². The van der Waals surface area contributed by atoms with Gasteiger partial charge in [0.2, 0.25) is 0 Å². The van der Waals surface area contributed by atoms with Gasteiger partial charge in [-0.25, -0.2) is 0 Å². The first-order valence-corrected chi connectivity index (χ1v) is 11.5. The van der Waals surface area contributed by atoms with Crippen molar-refractivity contribution in [3.8, 4) is 17.2 Å². The Morgan fingerprint density at radius 3 is 2.48 bits per heavy atom. The Bertz CT molecular complexity index is 957. The fourth-order valence-corrected chi connectivity index (χ4v) is 4.42. The molecule has 0 saturated carbocycles.